The molecule has 0 fully saturated rings. The van der Waals surface area contributed by atoms with Crippen molar-refractivity contribution in [3.8, 4) is 17.2 Å². The maximum atomic E-state index is 13.1. The Bertz CT molecular complexity index is 1620. The Balaban J connectivity index is 1.52. The molecule has 0 bridgehead atoms. The van der Waals surface area contributed by atoms with Gasteiger partial charge in [-0.3, -0.25) is 9.69 Å². The molecule has 1 aliphatic rings. The van der Waals surface area contributed by atoms with Gasteiger partial charge in [-0.1, -0.05) is 61.2 Å². The fraction of sp³-hybridized carbons (Fsp3) is 0.243. The highest BCUT2D eigenvalue weighted by Crippen LogP contribution is 2.43. The number of hydrogen-bond acceptors (Lipinski definition) is 5. The van der Waals surface area contributed by atoms with Crippen LogP contribution in [0.4, 0.5) is 0 Å². The van der Waals surface area contributed by atoms with Gasteiger partial charge < -0.3 is 19.4 Å². The summed E-state index contributed by atoms with van der Waals surface area (Å²) >= 11 is 0. The van der Waals surface area contributed by atoms with Crippen molar-refractivity contribution in [3.05, 3.63) is 138 Å². The van der Waals surface area contributed by atoms with E-state index < -0.39 is 0 Å². The topological polar surface area (TPSA) is 70.7 Å². The van der Waals surface area contributed by atoms with Gasteiger partial charge in [0.05, 0.1) is 13.2 Å². The molecule has 7 nitrogen and oxygen atoms in total. The first-order valence-corrected chi connectivity index (χ1v) is 15.1. The number of nitrogens with one attached hydrogen (secondary N) is 1. The van der Waals surface area contributed by atoms with E-state index >= 15 is 0 Å². The van der Waals surface area contributed by atoms with Crippen molar-refractivity contribution < 1.29 is 14.3 Å². The number of benzene rings is 3. The number of allylic oxidation sites excluding steroid dienone is 4. The minimum atomic E-state index is -0.0711. The normalized spacial score (nSPS) is 14.9. The molecule has 0 saturated heterocycles. The van der Waals surface area contributed by atoms with Crippen LogP contribution in [0, 0.1) is 0 Å². The van der Waals surface area contributed by atoms with E-state index in [0.717, 1.165) is 41.4 Å². The number of para-hydroxylation sites is 1. The summed E-state index contributed by atoms with van der Waals surface area (Å²) in [5.41, 5.74) is 5.19. The lowest BCUT2D eigenvalue weighted by Crippen LogP contribution is -2.36. The fourth-order valence-corrected chi connectivity index (χ4v) is 5.65. The number of carbonyl (C=O) groups is 1. The first kappa shape index (κ1) is 30.6. The van der Waals surface area contributed by atoms with Gasteiger partial charge in [0.25, 0.3) is 5.91 Å². The summed E-state index contributed by atoms with van der Waals surface area (Å²) in [7, 11) is 1.68. The second-order valence-electron chi connectivity index (χ2n) is 10.6. The Kier molecular flexibility index (Phi) is 10.1. The number of carbonyl (C=O) groups excluding carboxylic acids is 1. The van der Waals surface area contributed by atoms with Gasteiger partial charge in [-0.25, -0.2) is 4.98 Å². The average molecular weight is 589 g/mol. The molecule has 0 saturated carbocycles. The van der Waals surface area contributed by atoms with E-state index in [4.69, 9.17) is 9.47 Å². The van der Waals surface area contributed by atoms with Crippen molar-refractivity contribution in [3.63, 3.8) is 0 Å². The first-order valence-electron chi connectivity index (χ1n) is 15.1. The summed E-state index contributed by atoms with van der Waals surface area (Å²) in [6.45, 7) is 10.6. The lowest BCUT2D eigenvalue weighted by atomic mass is 9.87. The summed E-state index contributed by atoms with van der Waals surface area (Å²) in [5, 5.41) is 0. The molecule has 1 atom stereocenters. The number of rotatable bonds is 12. The van der Waals surface area contributed by atoms with Gasteiger partial charge in [0, 0.05) is 43.6 Å². The molecule has 3 aromatic carbocycles. The molecule has 226 valence electrons. The van der Waals surface area contributed by atoms with Crippen LogP contribution in [-0.4, -0.2) is 52.4 Å². The molecule has 1 unspecified atom stereocenters. The number of methoxy groups -OCH3 is 1. The molecule has 1 N–H and O–H groups in total. The van der Waals surface area contributed by atoms with Crippen molar-refractivity contribution in [2.24, 2.45) is 0 Å². The van der Waals surface area contributed by atoms with Gasteiger partial charge >= 0.3 is 0 Å². The molecular formula is C37H40N4O3. The number of aromatic nitrogens is 2. The Morgan fingerprint density at radius 3 is 2.52 bits per heavy atom. The SMILES string of the molecule is C=C/C=C\C=C\c1ncc(CN2CCc3cc(OC)c(Oc4ccccc4)cc3C2c2ccc(C(=O)N(CC)CC)cc2)[nH]1. The van der Waals surface area contributed by atoms with Crippen molar-refractivity contribution in [2.75, 3.05) is 26.7 Å². The monoisotopic (exact) mass is 588 g/mol. The number of imidazole rings is 1. The molecule has 0 radical (unpaired) electrons. The minimum absolute atomic E-state index is 0.0479. The molecule has 4 aromatic rings. The zero-order valence-electron chi connectivity index (χ0n) is 25.7. The highest BCUT2D eigenvalue weighted by Gasteiger charge is 2.31. The van der Waals surface area contributed by atoms with Crippen molar-refractivity contribution >= 4 is 12.0 Å². The van der Waals surface area contributed by atoms with E-state index in [1.165, 1.54) is 5.56 Å². The second-order valence-corrected chi connectivity index (χ2v) is 10.6. The van der Waals surface area contributed by atoms with Crippen LogP contribution in [0.3, 0.4) is 0 Å². The number of hydrogen-bond donors (Lipinski definition) is 1. The summed E-state index contributed by atoms with van der Waals surface area (Å²) in [4.78, 5) is 25.4. The predicted molar refractivity (Wildman–Crippen MR) is 176 cm³/mol. The van der Waals surface area contributed by atoms with Crippen molar-refractivity contribution in [1.29, 1.82) is 0 Å². The predicted octanol–water partition coefficient (Wildman–Crippen LogP) is 7.60. The van der Waals surface area contributed by atoms with Gasteiger partial charge in [-0.05, 0) is 79.4 Å². The Morgan fingerprint density at radius 1 is 1.05 bits per heavy atom. The van der Waals surface area contributed by atoms with Crippen LogP contribution in [0.5, 0.6) is 17.2 Å². The van der Waals surface area contributed by atoms with Gasteiger partial charge in [0.1, 0.15) is 11.6 Å². The Morgan fingerprint density at radius 2 is 1.82 bits per heavy atom. The van der Waals surface area contributed by atoms with Gasteiger partial charge in [-0.2, -0.15) is 0 Å². The molecular weight excluding hydrogens is 548 g/mol. The summed E-state index contributed by atoms with van der Waals surface area (Å²) in [6.07, 6.45) is 12.2. The molecule has 7 heteroatoms. The lowest BCUT2D eigenvalue weighted by Gasteiger charge is -2.38. The van der Waals surface area contributed by atoms with E-state index in [1.54, 1.807) is 13.2 Å². The Hall–Kier alpha value is -4.88. The third-order valence-corrected chi connectivity index (χ3v) is 7.88. The minimum Gasteiger partial charge on any atom is -0.493 e. The molecule has 44 heavy (non-hydrogen) atoms. The number of fused-ring (bicyclic) bond motifs is 1. The maximum Gasteiger partial charge on any atom is 0.253 e. The molecule has 1 aromatic heterocycles. The Labute approximate surface area is 260 Å². The van der Waals surface area contributed by atoms with Crippen LogP contribution >= 0.6 is 0 Å². The molecule has 0 spiro atoms. The number of nitrogens with zero attached hydrogens (tertiary/aromatic N) is 3. The van der Waals surface area contributed by atoms with Crippen LogP contribution in [-0.2, 0) is 13.0 Å². The fourth-order valence-electron chi connectivity index (χ4n) is 5.65. The first-order chi connectivity index (χ1) is 21.5. The van der Waals surface area contributed by atoms with E-state index in [2.05, 4.69) is 45.7 Å². The average Bonchev–Trinajstić information content (AvgIpc) is 3.51. The maximum absolute atomic E-state index is 13.1. The second kappa shape index (κ2) is 14.5. The number of aromatic amines is 1. The van der Waals surface area contributed by atoms with Crippen molar-refractivity contribution in [1.82, 2.24) is 19.8 Å². The third-order valence-electron chi connectivity index (χ3n) is 7.88. The molecule has 0 aliphatic carbocycles. The largest absolute Gasteiger partial charge is 0.493 e. The van der Waals surface area contributed by atoms with Crippen LogP contribution in [0.25, 0.3) is 6.08 Å². The summed E-state index contributed by atoms with van der Waals surface area (Å²) in [6, 6.07) is 21.9. The zero-order valence-corrected chi connectivity index (χ0v) is 25.7. The number of ether oxygens (including phenoxy) is 2. The number of H-pyrrole nitrogens is 1. The molecule has 1 amide bonds. The number of amides is 1. The van der Waals surface area contributed by atoms with Gasteiger partial charge in [0.15, 0.2) is 11.5 Å². The summed E-state index contributed by atoms with van der Waals surface area (Å²) < 4.78 is 12.1. The lowest BCUT2D eigenvalue weighted by molar-refractivity contribution is 0.0773. The van der Waals surface area contributed by atoms with E-state index in [1.807, 2.05) is 91.7 Å². The van der Waals surface area contributed by atoms with Crippen LogP contribution < -0.4 is 9.47 Å². The van der Waals surface area contributed by atoms with E-state index in [-0.39, 0.29) is 11.9 Å². The molecule has 5 rings (SSSR count). The van der Waals surface area contributed by atoms with Crippen LogP contribution in [0.15, 0.2) is 104 Å². The van der Waals surface area contributed by atoms with E-state index in [9.17, 15) is 4.79 Å². The highest BCUT2D eigenvalue weighted by molar-refractivity contribution is 5.94. The smallest absolute Gasteiger partial charge is 0.253 e. The van der Waals surface area contributed by atoms with Crippen LogP contribution in [0.2, 0.25) is 0 Å². The standard InChI is InChI=1S/C37H40N4O3/c1-5-8-9-13-16-35-38-25-30(39-35)26-41-22-21-29-23-33(43-4)34(44-31-14-11-10-12-15-31)24-32(29)36(41)27-17-19-28(20-18-27)37(42)40(6-2)7-3/h5,8-20,23-25,36H,1,6-7,21-22,26H2,2-4H3,(H,38,39)/b9-8-,16-13+. The van der Waals surface area contributed by atoms with Crippen LogP contribution in [0.1, 0.15) is 58.5 Å². The van der Waals surface area contributed by atoms with Gasteiger partial charge in [0.2, 0.25) is 0 Å². The third kappa shape index (κ3) is 7.01. The van der Waals surface area contributed by atoms with E-state index in [0.29, 0.717) is 36.7 Å². The highest BCUT2D eigenvalue weighted by atomic mass is 16.5. The quantitative estimate of drug-likeness (QED) is 0.173. The summed E-state index contributed by atoms with van der Waals surface area (Å²) in [5.74, 6) is 2.96. The van der Waals surface area contributed by atoms with Crippen molar-refractivity contribution in [2.45, 2.75) is 32.9 Å². The van der Waals surface area contributed by atoms with Gasteiger partial charge in [-0.15, -0.1) is 0 Å². The molecule has 1 aliphatic heterocycles. The molecule has 2 heterocycles. The zero-order chi connectivity index (χ0) is 30.9.